The van der Waals surface area contributed by atoms with Gasteiger partial charge >= 0.3 is 0 Å². The summed E-state index contributed by atoms with van der Waals surface area (Å²) < 4.78 is 0. The number of hydrogen-bond donors (Lipinski definition) is 0. The largest absolute Gasteiger partial charge is 0.0623 e. The van der Waals surface area contributed by atoms with Gasteiger partial charge in [-0.25, -0.2) is 0 Å². The molecule has 0 atom stereocenters. The van der Waals surface area contributed by atoms with Gasteiger partial charge in [0, 0.05) is 0 Å². The molecule has 108 valence electrons. The normalized spacial score (nSPS) is 42.0. The van der Waals surface area contributed by atoms with Gasteiger partial charge in [0.25, 0.3) is 0 Å². The summed E-state index contributed by atoms with van der Waals surface area (Å²) in [6.45, 7) is 22.2. The first-order valence-corrected chi connectivity index (χ1v) is 7.95. The Morgan fingerprint density at radius 2 is 0.667 bits per heavy atom. The van der Waals surface area contributed by atoms with Gasteiger partial charge in [0.15, 0.2) is 0 Å². The van der Waals surface area contributed by atoms with Crippen molar-refractivity contribution in [1.29, 1.82) is 0 Å². The molecule has 1 aliphatic rings. The monoisotopic (exact) mass is 252 g/mol. The molecule has 1 aliphatic carbocycles. The van der Waals surface area contributed by atoms with Crippen LogP contribution in [0.4, 0.5) is 0 Å². The van der Waals surface area contributed by atoms with Gasteiger partial charge in [-0.2, -0.15) is 0 Å². The van der Waals surface area contributed by atoms with Crippen molar-refractivity contribution in [3.8, 4) is 0 Å². The maximum atomic E-state index is 2.54. The van der Waals surface area contributed by atoms with Crippen molar-refractivity contribution in [3.05, 3.63) is 0 Å². The van der Waals surface area contributed by atoms with Crippen LogP contribution < -0.4 is 0 Å². The summed E-state index contributed by atoms with van der Waals surface area (Å²) in [5.74, 6) is 2.36. The third-order valence-corrected chi connectivity index (χ3v) is 6.60. The fraction of sp³-hybridized carbons (Fsp3) is 1.00. The predicted molar refractivity (Wildman–Crippen MR) is 82.7 cm³/mol. The number of rotatable bonds is 3. The second-order valence-corrected chi connectivity index (χ2v) is 8.96. The fourth-order valence-electron chi connectivity index (χ4n) is 4.18. The van der Waals surface area contributed by atoms with Gasteiger partial charge in [-0.1, -0.05) is 62.3 Å². The highest BCUT2D eigenvalue weighted by atomic mass is 14.6. The first-order chi connectivity index (χ1) is 7.95. The van der Waals surface area contributed by atoms with Crippen LogP contribution in [0, 0.1) is 34.0 Å². The summed E-state index contributed by atoms with van der Waals surface area (Å²) in [6.07, 6.45) is 4.20. The summed E-state index contributed by atoms with van der Waals surface area (Å²) in [6, 6.07) is 0. The first-order valence-electron chi connectivity index (χ1n) is 7.95. The molecule has 0 aromatic carbocycles. The Kier molecular flexibility index (Phi) is 4.31. The van der Waals surface area contributed by atoms with Gasteiger partial charge in [0.05, 0.1) is 0 Å². The minimum Gasteiger partial charge on any atom is -0.0623 e. The van der Waals surface area contributed by atoms with E-state index in [0.717, 1.165) is 17.8 Å². The van der Waals surface area contributed by atoms with E-state index in [1.807, 2.05) is 0 Å². The van der Waals surface area contributed by atoms with Crippen molar-refractivity contribution in [2.75, 3.05) is 0 Å². The van der Waals surface area contributed by atoms with Gasteiger partial charge in [0.2, 0.25) is 0 Å². The van der Waals surface area contributed by atoms with Gasteiger partial charge in [-0.3, -0.25) is 0 Å². The van der Waals surface area contributed by atoms with Gasteiger partial charge in [-0.05, 0) is 53.3 Å². The summed E-state index contributed by atoms with van der Waals surface area (Å²) in [4.78, 5) is 0. The smallest absolute Gasteiger partial charge is 0.0292 e. The second-order valence-electron chi connectivity index (χ2n) is 8.96. The summed E-state index contributed by atoms with van der Waals surface area (Å²) >= 11 is 0. The van der Waals surface area contributed by atoms with Gasteiger partial charge in [0.1, 0.15) is 0 Å². The summed E-state index contributed by atoms with van der Waals surface area (Å²) in [5, 5.41) is 0. The predicted octanol–water partition coefficient (Wildman–Crippen LogP) is 6.16. The molecule has 0 spiro atoms. The molecule has 0 bridgehead atoms. The Morgan fingerprint density at radius 1 is 0.500 bits per heavy atom. The maximum absolute atomic E-state index is 2.54. The van der Waals surface area contributed by atoms with Crippen LogP contribution in [0.3, 0.4) is 0 Å². The van der Waals surface area contributed by atoms with Crippen LogP contribution in [0.15, 0.2) is 0 Å². The Balaban J connectivity index is 3.16. The van der Waals surface area contributed by atoms with Gasteiger partial charge in [-0.15, -0.1) is 0 Å². The first kappa shape index (κ1) is 16.1. The summed E-state index contributed by atoms with van der Waals surface area (Å²) in [5.41, 5.74) is 1.53. The fourth-order valence-corrected chi connectivity index (χ4v) is 4.18. The lowest BCUT2D eigenvalue weighted by molar-refractivity contribution is -0.0774. The van der Waals surface area contributed by atoms with E-state index < -0.39 is 0 Å². The van der Waals surface area contributed by atoms with Crippen LogP contribution in [0.2, 0.25) is 0 Å². The zero-order valence-corrected chi connectivity index (χ0v) is 14.4. The highest BCUT2D eigenvalue weighted by Crippen LogP contribution is 2.61. The van der Waals surface area contributed by atoms with Crippen LogP contribution in [-0.4, -0.2) is 0 Å². The van der Waals surface area contributed by atoms with Crippen molar-refractivity contribution in [2.45, 2.75) is 81.6 Å². The van der Waals surface area contributed by atoms with Crippen molar-refractivity contribution in [1.82, 2.24) is 0 Å². The van der Waals surface area contributed by atoms with E-state index in [9.17, 15) is 0 Å². The third kappa shape index (κ3) is 2.78. The standard InChI is InChI=1S/C18H36/c1-13(2)16(7)10-17(8,14(3)4)12-18(9,11-16)15(5)6/h13-15H,10-12H2,1-9H3. The molecule has 0 aromatic heterocycles. The maximum Gasteiger partial charge on any atom is -0.0292 e. The van der Waals surface area contributed by atoms with Crippen LogP contribution >= 0.6 is 0 Å². The molecule has 0 saturated heterocycles. The van der Waals surface area contributed by atoms with E-state index in [1.165, 1.54) is 19.3 Å². The third-order valence-electron chi connectivity index (χ3n) is 6.60. The van der Waals surface area contributed by atoms with E-state index >= 15 is 0 Å². The minimum absolute atomic E-state index is 0.510. The molecular formula is C18H36. The Morgan fingerprint density at radius 3 is 0.778 bits per heavy atom. The van der Waals surface area contributed by atoms with E-state index in [1.54, 1.807) is 0 Å². The SMILES string of the molecule is CC(C)C1(C)CC(C)(C(C)C)CC(C)(C(C)C)C1. The molecule has 1 rings (SSSR count). The quantitative estimate of drug-likeness (QED) is 0.564. The molecule has 0 unspecified atom stereocenters. The Hall–Kier alpha value is 0. The molecular weight excluding hydrogens is 216 g/mol. The molecule has 0 radical (unpaired) electrons. The Bertz CT molecular complexity index is 229. The van der Waals surface area contributed by atoms with E-state index in [-0.39, 0.29) is 0 Å². The topological polar surface area (TPSA) is 0 Å². The van der Waals surface area contributed by atoms with Crippen molar-refractivity contribution >= 4 is 0 Å². The lowest BCUT2D eigenvalue weighted by Gasteiger charge is -2.58. The molecule has 18 heavy (non-hydrogen) atoms. The van der Waals surface area contributed by atoms with E-state index in [2.05, 4.69) is 62.3 Å². The lowest BCUT2D eigenvalue weighted by Crippen LogP contribution is -2.48. The van der Waals surface area contributed by atoms with Crippen LogP contribution in [0.5, 0.6) is 0 Å². The number of hydrogen-bond acceptors (Lipinski definition) is 0. The molecule has 0 heteroatoms. The zero-order valence-electron chi connectivity index (χ0n) is 14.4. The van der Waals surface area contributed by atoms with Crippen LogP contribution in [0.1, 0.15) is 81.6 Å². The van der Waals surface area contributed by atoms with Crippen LogP contribution in [-0.2, 0) is 0 Å². The molecule has 0 amide bonds. The van der Waals surface area contributed by atoms with Crippen LogP contribution in [0.25, 0.3) is 0 Å². The second kappa shape index (κ2) is 4.84. The zero-order chi connectivity index (χ0) is 14.4. The highest BCUT2D eigenvalue weighted by Gasteiger charge is 2.51. The van der Waals surface area contributed by atoms with E-state index in [4.69, 9.17) is 0 Å². The van der Waals surface area contributed by atoms with Crippen molar-refractivity contribution in [3.63, 3.8) is 0 Å². The minimum atomic E-state index is 0.510. The molecule has 1 saturated carbocycles. The van der Waals surface area contributed by atoms with Crippen molar-refractivity contribution in [2.24, 2.45) is 34.0 Å². The summed E-state index contributed by atoms with van der Waals surface area (Å²) in [7, 11) is 0. The average molecular weight is 252 g/mol. The van der Waals surface area contributed by atoms with Gasteiger partial charge < -0.3 is 0 Å². The molecule has 0 aliphatic heterocycles. The van der Waals surface area contributed by atoms with Crippen molar-refractivity contribution < 1.29 is 0 Å². The lowest BCUT2D eigenvalue weighted by atomic mass is 9.47. The molecule has 0 N–H and O–H groups in total. The molecule has 0 nitrogen and oxygen atoms in total. The molecule has 0 heterocycles. The van der Waals surface area contributed by atoms with E-state index in [0.29, 0.717) is 16.2 Å². The molecule has 0 aromatic rings. The average Bonchev–Trinajstić information content (AvgIpc) is 2.14. The Labute approximate surface area is 116 Å². The molecule has 1 fully saturated rings. The highest BCUT2D eigenvalue weighted by molar-refractivity contribution is 5.01.